The zero-order chi connectivity index (χ0) is 9.97. The molecule has 2 N–H and O–H groups in total. The smallest absolute Gasteiger partial charge is 0.166 e. The molecule has 1 aromatic rings. The molecule has 1 aromatic carbocycles. The average molecular weight is 206 g/mol. The van der Waals surface area contributed by atoms with Gasteiger partial charge >= 0.3 is 0 Å². The molecule has 2 nitrogen and oxygen atoms in total. The molecule has 0 saturated carbocycles. The summed E-state index contributed by atoms with van der Waals surface area (Å²) in [5.74, 6) is 0.503. The summed E-state index contributed by atoms with van der Waals surface area (Å²) in [6.45, 7) is 3.10. The second-order valence-electron chi connectivity index (χ2n) is 3.66. The molecule has 0 spiro atoms. The summed E-state index contributed by atoms with van der Waals surface area (Å²) < 4.78 is 0. The lowest BCUT2D eigenvalue weighted by atomic mass is 9.91. The van der Waals surface area contributed by atoms with E-state index in [1.54, 1.807) is 0 Å². The number of nitrogens with one attached hydrogen (secondary N) is 2. The van der Waals surface area contributed by atoms with Gasteiger partial charge in [0.1, 0.15) is 0 Å². The van der Waals surface area contributed by atoms with Gasteiger partial charge in [-0.1, -0.05) is 30.3 Å². The maximum atomic E-state index is 5.06. The summed E-state index contributed by atoms with van der Waals surface area (Å²) in [7, 11) is 0. The molecular formula is C11H14N2S. The van der Waals surface area contributed by atoms with Gasteiger partial charge in [-0.3, -0.25) is 0 Å². The molecule has 2 rings (SSSR count). The van der Waals surface area contributed by atoms with Crippen molar-refractivity contribution in [2.45, 2.75) is 18.9 Å². The molecule has 1 aliphatic heterocycles. The van der Waals surface area contributed by atoms with Gasteiger partial charge in [0, 0.05) is 18.5 Å². The molecule has 0 aliphatic carbocycles. The lowest BCUT2D eigenvalue weighted by Gasteiger charge is -2.32. The van der Waals surface area contributed by atoms with Crippen LogP contribution in [0.3, 0.4) is 0 Å². The van der Waals surface area contributed by atoms with Gasteiger partial charge in [-0.05, 0) is 24.7 Å². The van der Waals surface area contributed by atoms with Crippen molar-refractivity contribution in [3.63, 3.8) is 0 Å². The van der Waals surface area contributed by atoms with Crippen LogP contribution in [-0.2, 0) is 0 Å². The van der Waals surface area contributed by atoms with Gasteiger partial charge in [0.2, 0.25) is 0 Å². The van der Waals surface area contributed by atoms with Gasteiger partial charge in [0.05, 0.1) is 0 Å². The Morgan fingerprint density at radius 3 is 2.64 bits per heavy atom. The van der Waals surface area contributed by atoms with E-state index >= 15 is 0 Å². The second kappa shape index (κ2) is 3.96. The first-order valence-electron chi connectivity index (χ1n) is 4.86. The Labute approximate surface area is 89.7 Å². The van der Waals surface area contributed by atoms with Crippen LogP contribution in [0.25, 0.3) is 0 Å². The van der Waals surface area contributed by atoms with Crippen LogP contribution in [0.2, 0.25) is 0 Å². The molecule has 0 unspecified atom stereocenters. The highest BCUT2D eigenvalue weighted by Gasteiger charge is 2.23. The van der Waals surface area contributed by atoms with Crippen LogP contribution in [-0.4, -0.2) is 17.7 Å². The minimum atomic E-state index is 0.408. The molecule has 1 aliphatic rings. The first-order chi connectivity index (χ1) is 6.77. The molecule has 1 saturated heterocycles. The third-order valence-corrected chi connectivity index (χ3v) is 2.93. The Morgan fingerprint density at radius 2 is 2.00 bits per heavy atom. The summed E-state index contributed by atoms with van der Waals surface area (Å²) >= 11 is 5.06. The quantitative estimate of drug-likeness (QED) is 0.683. The van der Waals surface area contributed by atoms with Crippen LogP contribution in [0.5, 0.6) is 0 Å². The highest BCUT2D eigenvalue weighted by atomic mass is 32.1. The molecule has 2 atom stereocenters. The SMILES string of the molecule is C[C@H]1NC(=S)NC[C@H]1c1ccccc1. The van der Waals surface area contributed by atoms with Crippen LogP contribution < -0.4 is 10.6 Å². The number of hydrogen-bond donors (Lipinski definition) is 2. The van der Waals surface area contributed by atoms with Crippen LogP contribution in [0.1, 0.15) is 18.4 Å². The van der Waals surface area contributed by atoms with Gasteiger partial charge in [0.15, 0.2) is 5.11 Å². The molecule has 0 aromatic heterocycles. The van der Waals surface area contributed by atoms with Crippen molar-refractivity contribution in [3.8, 4) is 0 Å². The molecule has 1 heterocycles. The van der Waals surface area contributed by atoms with Gasteiger partial charge < -0.3 is 10.6 Å². The molecule has 0 bridgehead atoms. The van der Waals surface area contributed by atoms with E-state index in [0.717, 1.165) is 11.7 Å². The highest BCUT2D eigenvalue weighted by molar-refractivity contribution is 7.80. The lowest BCUT2D eigenvalue weighted by molar-refractivity contribution is 0.478. The standard InChI is InChI=1S/C11H14N2S/c1-8-10(7-12-11(14)13-8)9-5-3-2-4-6-9/h2-6,8,10H,7H2,1H3,(H2,12,13,14)/t8-,10-/m1/s1. The fraction of sp³-hybridized carbons (Fsp3) is 0.364. The molecule has 3 heteroatoms. The number of hydrogen-bond acceptors (Lipinski definition) is 1. The van der Waals surface area contributed by atoms with Crippen molar-refractivity contribution in [2.24, 2.45) is 0 Å². The topological polar surface area (TPSA) is 24.1 Å². The van der Waals surface area contributed by atoms with E-state index in [2.05, 4.69) is 41.8 Å². The number of rotatable bonds is 1. The average Bonchev–Trinajstić information content (AvgIpc) is 2.19. The minimum Gasteiger partial charge on any atom is -0.362 e. The Bertz CT molecular complexity index is 323. The van der Waals surface area contributed by atoms with Gasteiger partial charge in [-0.2, -0.15) is 0 Å². The molecule has 1 fully saturated rings. The van der Waals surface area contributed by atoms with E-state index in [1.807, 2.05) is 6.07 Å². The summed E-state index contributed by atoms with van der Waals surface area (Å²) in [6.07, 6.45) is 0. The molecule has 74 valence electrons. The van der Waals surface area contributed by atoms with Crippen molar-refractivity contribution in [2.75, 3.05) is 6.54 Å². The van der Waals surface area contributed by atoms with E-state index in [4.69, 9.17) is 12.2 Å². The fourth-order valence-corrected chi connectivity index (χ4v) is 2.11. The fourth-order valence-electron chi connectivity index (χ4n) is 1.84. The van der Waals surface area contributed by atoms with Crippen molar-refractivity contribution in [1.82, 2.24) is 10.6 Å². The van der Waals surface area contributed by atoms with Crippen molar-refractivity contribution >= 4 is 17.3 Å². The van der Waals surface area contributed by atoms with Gasteiger partial charge in [0.25, 0.3) is 0 Å². The van der Waals surface area contributed by atoms with Crippen molar-refractivity contribution in [3.05, 3.63) is 35.9 Å². The largest absolute Gasteiger partial charge is 0.362 e. The summed E-state index contributed by atoms with van der Waals surface area (Å²) in [5.41, 5.74) is 1.36. The predicted molar refractivity (Wildman–Crippen MR) is 62.4 cm³/mol. The van der Waals surface area contributed by atoms with Gasteiger partial charge in [-0.15, -0.1) is 0 Å². The maximum absolute atomic E-state index is 5.06. The van der Waals surface area contributed by atoms with Crippen molar-refractivity contribution in [1.29, 1.82) is 0 Å². The maximum Gasteiger partial charge on any atom is 0.166 e. The summed E-state index contributed by atoms with van der Waals surface area (Å²) in [6, 6.07) is 10.9. The van der Waals surface area contributed by atoms with Crippen LogP contribution in [0, 0.1) is 0 Å². The van der Waals surface area contributed by atoms with E-state index in [-0.39, 0.29) is 0 Å². The zero-order valence-corrected chi connectivity index (χ0v) is 8.97. The third-order valence-electron chi connectivity index (χ3n) is 2.67. The van der Waals surface area contributed by atoms with E-state index in [1.165, 1.54) is 5.56 Å². The number of benzene rings is 1. The van der Waals surface area contributed by atoms with Gasteiger partial charge in [-0.25, -0.2) is 0 Å². The zero-order valence-electron chi connectivity index (χ0n) is 8.16. The Hall–Kier alpha value is -1.09. The van der Waals surface area contributed by atoms with Crippen molar-refractivity contribution < 1.29 is 0 Å². The Kier molecular flexibility index (Phi) is 2.68. The van der Waals surface area contributed by atoms with Crippen LogP contribution in [0.15, 0.2) is 30.3 Å². The Morgan fingerprint density at radius 1 is 1.29 bits per heavy atom. The summed E-state index contributed by atoms with van der Waals surface area (Å²) in [4.78, 5) is 0. The van der Waals surface area contributed by atoms with E-state index < -0.39 is 0 Å². The molecule has 0 amide bonds. The number of thiocarbonyl (C=S) groups is 1. The van der Waals surface area contributed by atoms with E-state index in [9.17, 15) is 0 Å². The van der Waals surface area contributed by atoms with Crippen LogP contribution >= 0.6 is 12.2 Å². The summed E-state index contributed by atoms with van der Waals surface area (Å²) in [5, 5.41) is 7.20. The normalized spacial score (nSPS) is 26.5. The molecular weight excluding hydrogens is 192 g/mol. The van der Waals surface area contributed by atoms with Crippen LogP contribution in [0.4, 0.5) is 0 Å². The second-order valence-corrected chi connectivity index (χ2v) is 4.07. The molecule has 0 radical (unpaired) electrons. The molecule has 14 heavy (non-hydrogen) atoms. The predicted octanol–water partition coefficient (Wildman–Crippen LogP) is 1.64. The van der Waals surface area contributed by atoms with E-state index in [0.29, 0.717) is 12.0 Å². The first-order valence-corrected chi connectivity index (χ1v) is 5.27. The third kappa shape index (κ3) is 1.87. The minimum absolute atomic E-state index is 0.408. The lowest BCUT2D eigenvalue weighted by Crippen LogP contribution is -2.52. The Balaban J connectivity index is 2.16. The highest BCUT2D eigenvalue weighted by Crippen LogP contribution is 2.20. The first kappa shape index (κ1) is 9.46. The monoisotopic (exact) mass is 206 g/mol.